The van der Waals surface area contributed by atoms with E-state index in [1.165, 1.54) is 30.3 Å². The summed E-state index contributed by atoms with van der Waals surface area (Å²) in [5.41, 5.74) is 2.81. The Bertz CT molecular complexity index is 797. The van der Waals surface area contributed by atoms with Crippen molar-refractivity contribution in [3.05, 3.63) is 57.8 Å². The number of ether oxygens (including phenoxy) is 1. The number of amides is 1. The van der Waals surface area contributed by atoms with Crippen molar-refractivity contribution in [2.45, 2.75) is 6.92 Å². The van der Waals surface area contributed by atoms with Crippen LogP contribution in [0.3, 0.4) is 0 Å². The zero-order chi connectivity index (χ0) is 17.7. The van der Waals surface area contributed by atoms with Gasteiger partial charge in [-0.3, -0.25) is 4.79 Å². The molecule has 5 nitrogen and oxygen atoms in total. The molecular weight excluding hydrogens is 358 g/mol. The molecule has 0 aliphatic rings. The van der Waals surface area contributed by atoms with E-state index in [9.17, 15) is 14.3 Å². The summed E-state index contributed by atoms with van der Waals surface area (Å²) in [6.07, 6.45) is 0. The Kier molecular flexibility index (Phi) is 6.00. The molecule has 126 valence electrons. The molecule has 0 radical (unpaired) electrons. The van der Waals surface area contributed by atoms with Crippen molar-refractivity contribution in [1.82, 2.24) is 5.43 Å². The molecule has 2 aromatic rings. The van der Waals surface area contributed by atoms with Crippen LogP contribution in [0, 0.1) is 5.82 Å². The van der Waals surface area contributed by atoms with Crippen LogP contribution in [0.25, 0.3) is 0 Å². The van der Waals surface area contributed by atoms with Gasteiger partial charge in [-0.15, -0.1) is 0 Å². The molecule has 0 aliphatic carbocycles. The van der Waals surface area contributed by atoms with Crippen LogP contribution in [0.5, 0.6) is 11.5 Å². The molecule has 0 unspecified atom stereocenters. The summed E-state index contributed by atoms with van der Waals surface area (Å²) in [6.45, 7) is 1.14. The first-order valence-corrected chi connectivity index (χ1v) is 7.53. The summed E-state index contributed by atoms with van der Waals surface area (Å²) in [6, 6.07) is 8.58. The first kappa shape index (κ1) is 18.0. The van der Waals surface area contributed by atoms with Crippen LogP contribution in [0.4, 0.5) is 4.39 Å². The molecule has 0 spiro atoms. The van der Waals surface area contributed by atoms with Crippen LogP contribution in [-0.2, 0) is 4.79 Å². The van der Waals surface area contributed by atoms with E-state index < -0.39 is 18.3 Å². The maximum absolute atomic E-state index is 13.4. The molecule has 0 atom stereocenters. The third-order valence-corrected chi connectivity index (χ3v) is 3.47. The van der Waals surface area contributed by atoms with E-state index in [-0.39, 0.29) is 27.8 Å². The first-order valence-electron chi connectivity index (χ1n) is 6.77. The number of hydrogen-bond acceptors (Lipinski definition) is 4. The zero-order valence-corrected chi connectivity index (χ0v) is 14.0. The van der Waals surface area contributed by atoms with Crippen LogP contribution >= 0.6 is 23.2 Å². The minimum absolute atomic E-state index is 0.0346. The van der Waals surface area contributed by atoms with Gasteiger partial charge in [0.1, 0.15) is 5.75 Å². The summed E-state index contributed by atoms with van der Waals surface area (Å²) >= 11 is 11.7. The third-order valence-electron chi connectivity index (χ3n) is 2.96. The fourth-order valence-corrected chi connectivity index (χ4v) is 2.28. The van der Waals surface area contributed by atoms with Gasteiger partial charge in [0, 0.05) is 10.6 Å². The summed E-state index contributed by atoms with van der Waals surface area (Å²) in [5.74, 6) is -1.39. The summed E-state index contributed by atoms with van der Waals surface area (Å²) < 4.78 is 18.4. The van der Waals surface area contributed by atoms with E-state index in [1.54, 1.807) is 13.0 Å². The lowest BCUT2D eigenvalue weighted by atomic mass is 10.1. The van der Waals surface area contributed by atoms with Gasteiger partial charge in [0.05, 0.1) is 10.7 Å². The lowest BCUT2D eigenvalue weighted by Crippen LogP contribution is -2.25. The molecule has 0 fully saturated rings. The van der Waals surface area contributed by atoms with Crippen LogP contribution in [0.15, 0.2) is 41.5 Å². The second-order valence-electron chi connectivity index (χ2n) is 4.74. The second-order valence-corrected chi connectivity index (χ2v) is 5.58. The molecule has 0 saturated heterocycles. The lowest BCUT2D eigenvalue weighted by Gasteiger charge is -2.08. The highest BCUT2D eigenvalue weighted by atomic mass is 35.5. The van der Waals surface area contributed by atoms with Crippen LogP contribution in [0.2, 0.25) is 10.0 Å². The predicted octanol–water partition coefficient (Wildman–Crippen LogP) is 3.76. The summed E-state index contributed by atoms with van der Waals surface area (Å²) in [7, 11) is 0. The predicted molar refractivity (Wildman–Crippen MR) is 90.4 cm³/mol. The first-order chi connectivity index (χ1) is 11.4. The number of carbonyl (C=O) groups excluding carboxylic acids is 1. The van der Waals surface area contributed by atoms with Crippen molar-refractivity contribution in [3.8, 4) is 11.5 Å². The molecule has 0 aliphatic heterocycles. The van der Waals surface area contributed by atoms with Gasteiger partial charge in [-0.05, 0) is 31.2 Å². The molecule has 24 heavy (non-hydrogen) atoms. The number of nitrogens with zero attached hydrogens (tertiary/aromatic N) is 1. The molecule has 2 rings (SSSR count). The Balaban J connectivity index is 2.00. The number of aromatic hydroxyl groups is 1. The van der Waals surface area contributed by atoms with E-state index in [0.717, 1.165) is 0 Å². The standard InChI is InChI=1S/C16H13Cl2FN2O3/c1-9(11-6-10(17)7-12(18)16(11)23)20-21-15(22)8-24-14-5-3-2-4-13(14)19/h2-7,23H,8H2,1H3,(H,21,22). The van der Waals surface area contributed by atoms with E-state index in [2.05, 4.69) is 10.5 Å². The number of phenols is 1. The summed E-state index contributed by atoms with van der Waals surface area (Å²) in [5, 5.41) is 14.1. The molecule has 0 bridgehead atoms. The Morgan fingerprint density at radius 3 is 2.75 bits per heavy atom. The third kappa shape index (κ3) is 4.59. The van der Waals surface area contributed by atoms with E-state index in [0.29, 0.717) is 5.02 Å². The van der Waals surface area contributed by atoms with E-state index in [4.69, 9.17) is 27.9 Å². The highest BCUT2D eigenvalue weighted by molar-refractivity contribution is 6.36. The number of rotatable bonds is 5. The topological polar surface area (TPSA) is 70.9 Å². The van der Waals surface area contributed by atoms with Gasteiger partial charge >= 0.3 is 0 Å². The minimum atomic E-state index is -0.592. The fraction of sp³-hybridized carbons (Fsp3) is 0.125. The monoisotopic (exact) mass is 370 g/mol. The van der Waals surface area contributed by atoms with Crippen LogP contribution < -0.4 is 10.2 Å². The smallest absolute Gasteiger partial charge is 0.277 e. The molecule has 0 aromatic heterocycles. The molecule has 2 aromatic carbocycles. The van der Waals surface area contributed by atoms with E-state index >= 15 is 0 Å². The number of hydrazone groups is 1. The van der Waals surface area contributed by atoms with Gasteiger partial charge in [0.2, 0.25) is 0 Å². The van der Waals surface area contributed by atoms with Crippen molar-refractivity contribution < 1.29 is 19.0 Å². The highest BCUT2D eigenvalue weighted by Gasteiger charge is 2.11. The second kappa shape index (κ2) is 7.99. The number of nitrogens with one attached hydrogen (secondary N) is 1. The van der Waals surface area contributed by atoms with Crippen molar-refractivity contribution in [2.24, 2.45) is 5.10 Å². The van der Waals surface area contributed by atoms with E-state index in [1.807, 2.05) is 0 Å². The van der Waals surface area contributed by atoms with Crippen molar-refractivity contribution in [1.29, 1.82) is 0 Å². The molecule has 1 amide bonds. The molecular formula is C16H13Cl2FN2O3. The number of halogens is 3. The highest BCUT2D eigenvalue weighted by Crippen LogP contribution is 2.31. The minimum Gasteiger partial charge on any atom is -0.506 e. The normalized spacial score (nSPS) is 11.2. The SMILES string of the molecule is CC(=NNC(=O)COc1ccccc1F)c1cc(Cl)cc(Cl)c1O. The quantitative estimate of drug-likeness (QED) is 0.621. The Labute approximate surface area is 147 Å². The van der Waals surface area contributed by atoms with Gasteiger partial charge in [0.25, 0.3) is 5.91 Å². The molecule has 0 heterocycles. The van der Waals surface area contributed by atoms with Gasteiger partial charge in [0.15, 0.2) is 18.2 Å². The zero-order valence-electron chi connectivity index (χ0n) is 12.5. The maximum Gasteiger partial charge on any atom is 0.277 e. The van der Waals surface area contributed by atoms with Gasteiger partial charge in [-0.25, -0.2) is 9.82 Å². The van der Waals surface area contributed by atoms with Crippen LogP contribution in [0.1, 0.15) is 12.5 Å². The van der Waals surface area contributed by atoms with Gasteiger partial charge < -0.3 is 9.84 Å². The Hall–Kier alpha value is -2.31. The van der Waals surface area contributed by atoms with Gasteiger partial charge in [-0.1, -0.05) is 35.3 Å². The van der Waals surface area contributed by atoms with Crippen LogP contribution in [-0.4, -0.2) is 23.3 Å². The fourth-order valence-electron chi connectivity index (χ4n) is 1.79. The number of para-hydroxylation sites is 1. The van der Waals surface area contributed by atoms with Gasteiger partial charge in [-0.2, -0.15) is 5.10 Å². The molecule has 2 N–H and O–H groups in total. The average Bonchev–Trinajstić information content (AvgIpc) is 2.55. The maximum atomic E-state index is 13.4. The summed E-state index contributed by atoms with van der Waals surface area (Å²) in [4.78, 5) is 11.7. The number of hydrogen-bond donors (Lipinski definition) is 2. The Morgan fingerprint density at radius 1 is 1.33 bits per heavy atom. The van der Waals surface area contributed by atoms with Crippen molar-refractivity contribution >= 4 is 34.8 Å². The number of phenolic OH excluding ortho intramolecular Hbond substituents is 1. The number of carbonyl (C=O) groups is 1. The molecule has 8 heteroatoms. The van der Waals surface area contributed by atoms with Crippen molar-refractivity contribution in [2.75, 3.05) is 6.61 Å². The molecule has 0 saturated carbocycles. The average molecular weight is 371 g/mol. The number of benzene rings is 2. The Morgan fingerprint density at radius 2 is 2.04 bits per heavy atom. The largest absolute Gasteiger partial charge is 0.506 e. The lowest BCUT2D eigenvalue weighted by molar-refractivity contribution is -0.123. The van der Waals surface area contributed by atoms with Crippen molar-refractivity contribution in [3.63, 3.8) is 0 Å².